The molecule has 1 aliphatic heterocycles. The number of rotatable bonds is 1. The SMILES string of the molecule is Cc1ccc(F)cc1N1CC(N)C1. The van der Waals surface area contributed by atoms with Crippen LogP contribution < -0.4 is 10.6 Å². The van der Waals surface area contributed by atoms with Crippen LogP contribution in [0.3, 0.4) is 0 Å². The van der Waals surface area contributed by atoms with Gasteiger partial charge in [-0.25, -0.2) is 4.39 Å². The Morgan fingerprint density at radius 3 is 2.77 bits per heavy atom. The molecule has 0 radical (unpaired) electrons. The van der Waals surface area contributed by atoms with Crippen LogP contribution in [0.2, 0.25) is 0 Å². The van der Waals surface area contributed by atoms with Crippen LogP contribution in [0, 0.1) is 12.7 Å². The van der Waals surface area contributed by atoms with E-state index in [9.17, 15) is 4.39 Å². The molecule has 1 aliphatic rings. The van der Waals surface area contributed by atoms with Gasteiger partial charge in [-0.2, -0.15) is 0 Å². The highest BCUT2D eigenvalue weighted by Gasteiger charge is 2.24. The third-order valence-electron chi connectivity index (χ3n) is 2.42. The van der Waals surface area contributed by atoms with Crippen LogP contribution in [-0.4, -0.2) is 19.1 Å². The summed E-state index contributed by atoms with van der Waals surface area (Å²) in [5.41, 5.74) is 7.74. The summed E-state index contributed by atoms with van der Waals surface area (Å²) < 4.78 is 12.9. The molecule has 0 atom stereocenters. The van der Waals surface area contributed by atoms with Gasteiger partial charge < -0.3 is 10.6 Å². The Morgan fingerprint density at radius 1 is 1.46 bits per heavy atom. The van der Waals surface area contributed by atoms with Crippen molar-refractivity contribution in [2.75, 3.05) is 18.0 Å². The minimum atomic E-state index is -0.180. The van der Waals surface area contributed by atoms with E-state index in [1.807, 2.05) is 6.92 Å². The van der Waals surface area contributed by atoms with Gasteiger partial charge in [-0.3, -0.25) is 0 Å². The molecule has 0 spiro atoms. The number of hydrogen-bond acceptors (Lipinski definition) is 2. The Bertz CT molecular complexity index is 319. The summed E-state index contributed by atoms with van der Waals surface area (Å²) in [6.07, 6.45) is 0. The van der Waals surface area contributed by atoms with Gasteiger partial charge >= 0.3 is 0 Å². The second-order valence-corrected chi connectivity index (χ2v) is 3.60. The van der Waals surface area contributed by atoms with E-state index < -0.39 is 0 Å². The van der Waals surface area contributed by atoms with Gasteiger partial charge in [0, 0.05) is 24.8 Å². The van der Waals surface area contributed by atoms with Crippen LogP contribution in [0.1, 0.15) is 5.56 Å². The van der Waals surface area contributed by atoms with E-state index in [1.165, 1.54) is 6.07 Å². The molecule has 0 aliphatic carbocycles. The number of anilines is 1. The first-order chi connectivity index (χ1) is 6.16. The molecule has 2 rings (SSSR count). The largest absolute Gasteiger partial charge is 0.368 e. The van der Waals surface area contributed by atoms with Crippen LogP contribution in [0.15, 0.2) is 18.2 Å². The molecule has 1 heterocycles. The third kappa shape index (κ3) is 1.52. The first-order valence-corrected chi connectivity index (χ1v) is 4.43. The van der Waals surface area contributed by atoms with Gasteiger partial charge in [0.2, 0.25) is 0 Å². The lowest BCUT2D eigenvalue weighted by molar-refractivity contribution is 0.516. The number of nitrogens with zero attached hydrogens (tertiary/aromatic N) is 1. The van der Waals surface area contributed by atoms with E-state index in [4.69, 9.17) is 5.73 Å². The molecule has 1 saturated heterocycles. The van der Waals surface area contributed by atoms with E-state index in [-0.39, 0.29) is 11.9 Å². The molecular formula is C10H13FN2. The van der Waals surface area contributed by atoms with Gasteiger partial charge in [-0.05, 0) is 24.6 Å². The van der Waals surface area contributed by atoms with Crippen molar-refractivity contribution in [1.82, 2.24) is 0 Å². The fourth-order valence-electron chi connectivity index (χ4n) is 1.63. The summed E-state index contributed by atoms with van der Waals surface area (Å²) in [5, 5.41) is 0. The standard InChI is InChI=1S/C10H13FN2/c1-7-2-3-8(11)4-10(7)13-5-9(12)6-13/h2-4,9H,5-6,12H2,1H3. The van der Waals surface area contributed by atoms with Crippen LogP contribution in [-0.2, 0) is 0 Å². The molecule has 0 unspecified atom stereocenters. The zero-order valence-corrected chi connectivity index (χ0v) is 7.63. The molecule has 1 aromatic rings. The molecule has 70 valence electrons. The summed E-state index contributed by atoms with van der Waals surface area (Å²) >= 11 is 0. The Morgan fingerprint density at radius 2 is 2.15 bits per heavy atom. The molecular weight excluding hydrogens is 167 g/mol. The number of nitrogens with two attached hydrogens (primary N) is 1. The maximum absolute atomic E-state index is 12.9. The van der Waals surface area contributed by atoms with Crippen molar-refractivity contribution in [3.05, 3.63) is 29.6 Å². The van der Waals surface area contributed by atoms with Gasteiger partial charge in [-0.1, -0.05) is 6.07 Å². The second-order valence-electron chi connectivity index (χ2n) is 3.60. The molecule has 13 heavy (non-hydrogen) atoms. The lowest BCUT2D eigenvalue weighted by atomic mass is 10.1. The van der Waals surface area contributed by atoms with Gasteiger partial charge in [0.15, 0.2) is 0 Å². The van der Waals surface area contributed by atoms with Gasteiger partial charge in [0.25, 0.3) is 0 Å². The zero-order valence-electron chi connectivity index (χ0n) is 7.63. The number of hydrogen-bond donors (Lipinski definition) is 1. The van der Waals surface area contributed by atoms with Crippen molar-refractivity contribution in [2.45, 2.75) is 13.0 Å². The van der Waals surface area contributed by atoms with Crippen LogP contribution in [0.4, 0.5) is 10.1 Å². The van der Waals surface area contributed by atoms with Crippen molar-refractivity contribution in [2.24, 2.45) is 5.73 Å². The average molecular weight is 180 g/mol. The summed E-state index contributed by atoms with van der Waals surface area (Å²) in [7, 11) is 0. The van der Waals surface area contributed by atoms with Crippen LogP contribution in [0.25, 0.3) is 0 Å². The van der Waals surface area contributed by atoms with Crippen molar-refractivity contribution >= 4 is 5.69 Å². The lowest BCUT2D eigenvalue weighted by Gasteiger charge is -2.39. The highest BCUT2D eigenvalue weighted by atomic mass is 19.1. The van der Waals surface area contributed by atoms with Crippen molar-refractivity contribution in [3.8, 4) is 0 Å². The van der Waals surface area contributed by atoms with E-state index in [0.717, 1.165) is 24.3 Å². The number of aryl methyl sites for hydroxylation is 1. The Kier molecular flexibility index (Phi) is 1.96. The molecule has 2 nitrogen and oxygen atoms in total. The monoisotopic (exact) mass is 180 g/mol. The van der Waals surface area contributed by atoms with Gasteiger partial charge in [0.05, 0.1) is 0 Å². The molecule has 0 saturated carbocycles. The fraction of sp³-hybridized carbons (Fsp3) is 0.400. The smallest absolute Gasteiger partial charge is 0.125 e. The van der Waals surface area contributed by atoms with Crippen LogP contribution >= 0.6 is 0 Å². The highest BCUT2D eigenvalue weighted by Crippen LogP contribution is 2.24. The first-order valence-electron chi connectivity index (χ1n) is 4.43. The second kappa shape index (κ2) is 3.00. The predicted octanol–water partition coefficient (Wildman–Crippen LogP) is 1.28. The fourth-order valence-corrected chi connectivity index (χ4v) is 1.63. The van der Waals surface area contributed by atoms with Gasteiger partial charge in [0.1, 0.15) is 5.82 Å². The van der Waals surface area contributed by atoms with Gasteiger partial charge in [-0.15, -0.1) is 0 Å². The van der Waals surface area contributed by atoms with E-state index in [2.05, 4.69) is 4.90 Å². The van der Waals surface area contributed by atoms with Crippen molar-refractivity contribution in [3.63, 3.8) is 0 Å². The normalized spacial score (nSPS) is 17.3. The topological polar surface area (TPSA) is 29.3 Å². The molecule has 1 fully saturated rings. The maximum Gasteiger partial charge on any atom is 0.125 e. The minimum absolute atomic E-state index is 0.180. The molecule has 0 bridgehead atoms. The average Bonchev–Trinajstić information content (AvgIpc) is 2.04. The third-order valence-corrected chi connectivity index (χ3v) is 2.42. The zero-order chi connectivity index (χ0) is 9.42. The molecule has 1 aromatic carbocycles. The van der Waals surface area contributed by atoms with E-state index in [0.29, 0.717) is 0 Å². The molecule has 3 heteroatoms. The van der Waals surface area contributed by atoms with E-state index in [1.54, 1.807) is 12.1 Å². The quantitative estimate of drug-likeness (QED) is 0.705. The molecule has 0 amide bonds. The lowest BCUT2D eigenvalue weighted by Crippen LogP contribution is -2.56. The highest BCUT2D eigenvalue weighted by molar-refractivity contribution is 5.55. The van der Waals surface area contributed by atoms with E-state index >= 15 is 0 Å². The summed E-state index contributed by atoms with van der Waals surface area (Å²) in [4.78, 5) is 2.10. The number of halogens is 1. The summed E-state index contributed by atoms with van der Waals surface area (Å²) in [5.74, 6) is -0.180. The van der Waals surface area contributed by atoms with Crippen LogP contribution in [0.5, 0.6) is 0 Å². The first kappa shape index (κ1) is 8.51. The molecule has 0 aromatic heterocycles. The van der Waals surface area contributed by atoms with Crippen molar-refractivity contribution < 1.29 is 4.39 Å². The molecule has 2 N–H and O–H groups in total. The Hall–Kier alpha value is -1.09. The Labute approximate surface area is 77.2 Å². The Balaban J connectivity index is 2.24. The number of benzene rings is 1. The minimum Gasteiger partial charge on any atom is -0.368 e. The maximum atomic E-state index is 12.9. The van der Waals surface area contributed by atoms with Crippen molar-refractivity contribution in [1.29, 1.82) is 0 Å². The predicted molar refractivity (Wildman–Crippen MR) is 51.3 cm³/mol. The summed E-state index contributed by atoms with van der Waals surface area (Å²) in [6, 6.07) is 5.11. The summed E-state index contributed by atoms with van der Waals surface area (Å²) in [6.45, 7) is 3.66.